The fourth-order valence-corrected chi connectivity index (χ4v) is 4.19. The number of urea groups is 1. The highest BCUT2D eigenvalue weighted by molar-refractivity contribution is 9.10. The maximum atomic E-state index is 13.2. The largest absolute Gasteiger partial charge is 0.488 e. The molecule has 4 aromatic rings. The summed E-state index contributed by atoms with van der Waals surface area (Å²) < 4.78 is 7.15. The van der Waals surface area contributed by atoms with Crippen LogP contribution >= 0.6 is 27.5 Å². The summed E-state index contributed by atoms with van der Waals surface area (Å²) in [6.45, 7) is 0.360. The van der Waals surface area contributed by atoms with Gasteiger partial charge in [-0.15, -0.1) is 0 Å². The maximum absolute atomic E-state index is 13.2. The Kier molecular flexibility index (Phi) is 6.09. The molecule has 4 aromatic carbocycles. The minimum Gasteiger partial charge on any atom is -0.488 e. The lowest BCUT2D eigenvalue weighted by Gasteiger charge is -2.13. The number of ether oxygens (including phenoxy) is 1. The molecule has 0 radical (unpaired) electrons. The van der Waals surface area contributed by atoms with Gasteiger partial charge in [0.1, 0.15) is 18.1 Å². The van der Waals surface area contributed by atoms with Crippen molar-refractivity contribution >= 4 is 62.0 Å². The molecule has 168 valence electrons. The number of carbonyl (C=O) groups excluding carboxylic acids is 2. The van der Waals surface area contributed by atoms with Crippen molar-refractivity contribution in [3.05, 3.63) is 111 Å². The zero-order chi connectivity index (χ0) is 23.7. The number of anilines is 1. The molecule has 1 heterocycles. The van der Waals surface area contributed by atoms with Gasteiger partial charge in [0, 0.05) is 15.1 Å². The minimum atomic E-state index is -0.517. The third kappa shape index (κ3) is 4.42. The lowest BCUT2D eigenvalue weighted by Crippen LogP contribution is -2.30. The Hall–Kier alpha value is -3.61. The number of amides is 3. The number of nitrogens with zero attached hydrogens (tertiary/aromatic N) is 1. The van der Waals surface area contributed by atoms with E-state index in [1.807, 2.05) is 60.7 Å². The van der Waals surface area contributed by atoms with Gasteiger partial charge in [-0.3, -0.25) is 4.79 Å². The number of halogens is 2. The van der Waals surface area contributed by atoms with Gasteiger partial charge in [-0.2, -0.15) is 0 Å². The third-order valence-corrected chi connectivity index (χ3v) is 6.27. The first-order valence-electron chi connectivity index (χ1n) is 10.5. The molecule has 1 fully saturated rings. The van der Waals surface area contributed by atoms with E-state index < -0.39 is 11.9 Å². The van der Waals surface area contributed by atoms with E-state index in [-0.39, 0.29) is 5.70 Å². The van der Waals surface area contributed by atoms with Crippen molar-refractivity contribution in [2.45, 2.75) is 6.61 Å². The van der Waals surface area contributed by atoms with Gasteiger partial charge in [0.05, 0.1) is 5.69 Å². The first-order chi connectivity index (χ1) is 16.5. The molecule has 1 aliphatic heterocycles. The molecule has 7 heteroatoms. The lowest BCUT2D eigenvalue weighted by atomic mass is 10.0. The molecule has 1 aliphatic rings. The number of hydrogen-bond donors (Lipinski definition) is 1. The topological polar surface area (TPSA) is 58.6 Å². The van der Waals surface area contributed by atoms with Crippen molar-refractivity contribution in [2.75, 3.05) is 4.90 Å². The summed E-state index contributed by atoms with van der Waals surface area (Å²) in [6, 6.07) is 25.6. The van der Waals surface area contributed by atoms with Crippen molar-refractivity contribution < 1.29 is 14.3 Å². The van der Waals surface area contributed by atoms with E-state index in [4.69, 9.17) is 16.3 Å². The van der Waals surface area contributed by atoms with Crippen LogP contribution in [0.4, 0.5) is 10.5 Å². The Morgan fingerprint density at radius 1 is 0.912 bits per heavy atom. The smallest absolute Gasteiger partial charge is 0.333 e. The Morgan fingerprint density at radius 3 is 2.41 bits per heavy atom. The molecule has 0 saturated carbocycles. The maximum Gasteiger partial charge on any atom is 0.333 e. The molecule has 0 bridgehead atoms. The molecule has 3 amide bonds. The van der Waals surface area contributed by atoms with Gasteiger partial charge >= 0.3 is 6.03 Å². The van der Waals surface area contributed by atoms with E-state index in [0.29, 0.717) is 23.1 Å². The van der Waals surface area contributed by atoms with Crippen molar-refractivity contribution in [2.24, 2.45) is 0 Å². The van der Waals surface area contributed by atoms with Crippen molar-refractivity contribution in [3.63, 3.8) is 0 Å². The second-order valence-electron chi connectivity index (χ2n) is 7.72. The zero-order valence-electron chi connectivity index (χ0n) is 17.8. The van der Waals surface area contributed by atoms with Crippen LogP contribution in [0, 0.1) is 0 Å². The van der Waals surface area contributed by atoms with Crippen LogP contribution in [0.5, 0.6) is 5.75 Å². The van der Waals surface area contributed by atoms with Crippen molar-refractivity contribution in [1.29, 1.82) is 0 Å². The van der Waals surface area contributed by atoms with Gasteiger partial charge in [0.15, 0.2) is 0 Å². The van der Waals surface area contributed by atoms with Crippen molar-refractivity contribution in [3.8, 4) is 5.75 Å². The number of benzene rings is 4. The summed E-state index contributed by atoms with van der Waals surface area (Å²) in [5.41, 5.74) is 2.34. The average molecular weight is 534 g/mol. The van der Waals surface area contributed by atoms with Gasteiger partial charge in [-0.05, 0) is 64.9 Å². The summed E-state index contributed by atoms with van der Waals surface area (Å²) in [5.74, 6) is 0.167. The first-order valence-corrected chi connectivity index (χ1v) is 11.7. The summed E-state index contributed by atoms with van der Waals surface area (Å²) in [4.78, 5) is 26.9. The number of hydrogen-bond acceptors (Lipinski definition) is 3. The van der Waals surface area contributed by atoms with Gasteiger partial charge in [-0.1, -0.05) is 70.0 Å². The van der Waals surface area contributed by atoms with E-state index in [1.54, 1.807) is 30.3 Å². The molecule has 0 spiro atoms. The quantitative estimate of drug-likeness (QED) is 0.223. The number of fused-ring (bicyclic) bond motifs is 1. The molecule has 0 atom stereocenters. The number of carbonyl (C=O) groups is 2. The monoisotopic (exact) mass is 532 g/mol. The molecular formula is C27H18BrClN2O3. The lowest BCUT2D eigenvalue weighted by molar-refractivity contribution is -0.113. The van der Waals surface area contributed by atoms with Crippen LogP contribution < -0.4 is 15.0 Å². The molecule has 0 aliphatic carbocycles. The predicted octanol–water partition coefficient (Wildman–Crippen LogP) is 6.93. The Morgan fingerprint density at radius 2 is 1.65 bits per heavy atom. The second-order valence-corrected chi connectivity index (χ2v) is 9.07. The summed E-state index contributed by atoms with van der Waals surface area (Å²) in [6.07, 6.45) is 1.68. The standard InChI is InChI=1S/C27H18BrClN2O3/c28-19-8-5-17(6-9-19)16-34-25-14-7-18-3-1-2-4-22(18)23(25)15-24-26(32)31(27(33)30-24)21-12-10-20(29)11-13-21/h1-15H,16H2,(H,30,33)/b24-15+. The van der Waals surface area contributed by atoms with Gasteiger partial charge in [0.2, 0.25) is 0 Å². The first kappa shape index (κ1) is 22.2. The van der Waals surface area contributed by atoms with Crippen LogP contribution in [-0.4, -0.2) is 11.9 Å². The normalized spacial score (nSPS) is 14.6. The highest BCUT2D eigenvalue weighted by atomic mass is 79.9. The van der Waals surface area contributed by atoms with Crippen LogP contribution in [0.2, 0.25) is 5.02 Å². The van der Waals surface area contributed by atoms with E-state index >= 15 is 0 Å². The van der Waals surface area contributed by atoms with Gasteiger partial charge < -0.3 is 10.1 Å². The average Bonchev–Trinajstić information content (AvgIpc) is 3.13. The van der Waals surface area contributed by atoms with E-state index in [1.165, 1.54) is 0 Å². The Labute approximate surface area is 209 Å². The summed E-state index contributed by atoms with van der Waals surface area (Å²) >= 11 is 9.39. The van der Waals surface area contributed by atoms with Gasteiger partial charge in [0.25, 0.3) is 5.91 Å². The highest BCUT2D eigenvalue weighted by Gasteiger charge is 2.35. The molecule has 5 rings (SSSR count). The van der Waals surface area contributed by atoms with Crippen LogP contribution in [0.15, 0.2) is 95.1 Å². The van der Waals surface area contributed by atoms with Crippen LogP contribution in [0.25, 0.3) is 16.8 Å². The molecule has 0 unspecified atom stereocenters. The predicted molar refractivity (Wildman–Crippen MR) is 138 cm³/mol. The van der Waals surface area contributed by atoms with Crippen LogP contribution in [0.1, 0.15) is 11.1 Å². The summed E-state index contributed by atoms with van der Waals surface area (Å²) in [7, 11) is 0. The van der Waals surface area contributed by atoms with Crippen LogP contribution in [-0.2, 0) is 11.4 Å². The number of nitrogens with one attached hydrogen (secondary N) is 1. The molecular weight excluding hydrogens is 516 g/mol. The van der Waals surface area contributed by atoms with Gasteiger partial charge in [-0.25, -0.2) is 9.69 Å². The molecule has 5 nitrogen and oxygen atoms in total. The van der Waals surface area contributed by atoms with Crippen molar-refractivity contribution in [1.82, 2.24) is 5.32 Å². The second kappa shape index (κ2) is 9.33. The number of imide groups is 1. The molecule has 34 heavy (non-hydrogen) atoms. The molecule has 1 saturated heterocycles. The van der Waals surface area contributed by atoms with E-state index in [0.717, 1.165) is 31.3 Å². The Bertz CT molecular complexity index is 1430. The minimum absolute atomic E-state index is 0.171. The van der Waals surface area contributed by atoms with E-state index in [2.05, 4.69) is 21.2 Å². The third-order valence-electron chi connectivity index (χ3n) is 5.49. The SMILES string of the molecule is O=C1N/C(=C/c2c(OCc3ccc(Br)cc3)ccc3ccccc23)C(=O)N1c1ccc(Cl)cc1. The van der Waals surface area contributed by atoms with Crippen LogP contribution in [0.3, 0.4) is 0 Å². The number of rotatable bonds is 5. The molecule has 0 aromatic heterocycles. The van der Waals surface area contributed by atoms with E-state index in [9.17, 15) is 9.59 Å². The molecule has 1 N–H and O–H groups in total. The summed E-state index contributed by atoms with van der Waals surface area (Å²) in [5, 5.41) is 5.12. The highest BCUT2D eigenvalue weighted by Crippen LogP contribution is 2.32. The zero-order valence-corrected chi connectivity index (χ0v) is 20.1. The fraction of sp³-hybridized carbons (Fsp3) is 0.0370. The Balaban J connectivity index is 1.52. The fourth-order valence-electron chi connectivity index (χ4n) is 3.80.